The van der Waals surface area contributed by atoms with Gasteiger partial charge in [-0.05, 0) is 43.9 Å². The van der Waals surface area contributed by atoms with Gasteiger partial charge in [0.05, 0.1) is 6.61 Å². The fraction of sp³-hybridized carbons (Fsp3) is 0.217. The number of rotatable bonds is 8. The molecule has 144 valence electrons. The van der Waals surface area contributed by atoms with E-state index in [1.807, 2.05) is 18.2 Å². The van der Waals surface area contributed by atoms with Crippen LogP contribution in [0, 0.1) is 0 Å². The largest absolute Gasteiger partial charge is 0.490 e. The van der Waals surface area contributed by atoms with Crippen LogP contribution in [0.2, 0.25) is 0 Å². The summed E-state index contributed by atoms with van der Waals surface area (Å²) < 4.78 is 16.4. The molecule has 1 aromatic heterocycles. The number of carbonyl (C=O) groups is 1. The molecule has 3 rings (SSSR count). The fourth-order valence-electron chi connectivity index (χ4n) is 2.71. The Kier molecular flexibility index (Phi) is 6.27. The van der Waals surface area contributed by atoms with Gasteiger partial charge in [-0.25, -0.2) is 9.59 Å². The van der Waals surface area contributed by atoms with Gasteiger partial charge in [-0.1, -0.05) is 36.9 Å². The third kappa shape index (κ3) is 5.10. The molecule has 0 saturated carbocycles. The first-order chi connectivity index (χ1) is 13.5. The van der Waals surface area contributed by atoms with E-state index in [0.717, 1.165) is 19.3 Å². The minimum Gasteiger partial charge on any atom is -0.490 e. The molecule has 0 N–H and O–H groups in total. The van der Waals surface area contributed by atoms with Crippen molar-refractivity contribution in [1.29, 1.82) is 0 Å². The van der Waals surface area contributed by atoms with Gasteiger partial charge in [-0.2, -0.15) is 0 Å². The van der Waals surface area contributed by atoms with Crippen LogP contribution in [0.1, 0.15) is 25.3 Å². The van der Waals surface area contributed by atoms with Crippen molar-refractivity contribution in [3.63, 3.8) is 0 Å². The summed E-state index contributed by atoms with van der Waals surface area (Å²) >= 11 is 0. The van der Waals surface area contributed by atoms with Crippen molar-refractivity contribution < 1.29 is 18.7 Å². The lowest BCUT2D eigenvalue weighted by molar-refractivity contribution is -0.130. The van der Waals surface area contributed by atoms with Crippen molar-refractivity contribution in [2.24, 2.45) is 0 Å². The Morgan fingerprint density at radius 1 is 1.04 bits per heavy atom. The Morgan fingerprint density at radius 3 is 2.57 bits per heavy atom. The summed E-state index contributed by atoms with van der Waals surface area (Å²) in [6, 6.07) is 16.4. The molecule has 28 heavy (non-hydrogen) atoms. The van der Waals surface area contributed by atoms with E-state index in [9.17, 15) is 9.59 Å². The van der Waals surface area contributed by atoms with Gasteiger partial charge in [0.1, 0.15) is 5.58 Å². The zero-order valence-electron chi connectivity index (χ0n) is 15.8. The maximum absolute atomic E-state index is 11.9. The highest BCUT2D eigenvalue weighted by Gasteiger charge is 2.14. The summed E-state index contributed by atoms with van der Waals surface area (Å²) in [6.45, 7) is 5.62. The monoisotopic (exact) mass is 378 g/mol. The van der Waals surface area contributed by atoms with Crippen LogP contribution < -0.4 is 15.1 Å². The number of hydrogen-bond acceptors (Lipinski definition) is 5. The SMILES string of the molecule is C=C(C)C(=O)Oc1cc2ccc(=O)oc2cc1OCCCCc1ccccc1. The molecule has 3 aromatic rings. The molecule has 1 heterocycles. The second kappa shape index (κ2) is 9.04. The van der Waals surface area contributed by atoms with Crippen LogP contribution in [0.25, 0.3) is 11.0 Å². The number of esters is 1. The Bertz CT molecular complexity index is 1030. The molecule has 5 heteroatoms. The summed E-state index contributed by atoms with van der Waals surface area (Å²) in [4.78, 5) is 23.4. The van der Waals surface area contributed by atoms with Gasteiger partial charge in [0.2, 0.25) is 0 Å². The summed E-state index contributed by atoms with van der Waals surface area (Å²) in [5.41, 5.74) is 1.49. The zero-order chi connectivity index (χ0) is 19.9. The molecule has 0 bridgehead atoms. The summed E-state index contributed by atoms with van der Waals surface area (Å²) in [7, 11) is 0. The summed E-state index contributed by atoms with van der Waals surface area (Å²) in [5, 5.41) is 0.639. The predicted molar refractivity (Wildman–Crippen MR) is 108 cm³/mol. The Labute approximate surface area is 163 Å². The average Bonchev–Trinajstić information content (AvgIpc) is 2.68. The normalized spacial score (nSPS) is 10.6. The molecule has 0 saturated heterocycles. The number of fused-ring (bicyclic) bond motifs is 1. The van der Waals surface area contributed by atoms with Gasteiger partial charge in [0.15, 0.2) is 11.5 Å². The molecule has 2 aromatic carbocycles. The highest BCUT2D eigenvalue weighted by Crippen LogP contribution is 2.33. The van der Waals surface area contributed by atoms with Crippen LogP contribution in [0.4, 0.5) is 0 Å². The molecule has 0 fully saturated rings. The van der Waals surface area contributed by atoms with Crippen molar-refractivity contribution in [3.8, 4) is 11.5 Å². The van der Waals surface area contributed by atoms with E-state index in [4.69, 9.17) is 13.9 Å². The van der Waals surface area contributed by atoms with Gasteiger partial charge in [0, 0.05) is 23.1 Å². The lowest BCUT2D eigenvalue weighted by Gasteiger charge is -2.13. The quantitative estimate of drug-likeness (QED) is 0.187. The van der Waals surface area contributed by atoms with E-state index < -0.39 is 11.6 Å². The molecule has 0 amide bonds. The molecule has 5 nitrogen and oxygen atoms in total. The van der Waals surface area contributed by atoms with E-state index in [1.54, 1.807) is 25.1 Å². The van der Waals surface area contributed by atoms with Crippen molar-refractivity contribution in [3.05, 3.63) is 82.7 Å². The van der Waals surface area contributed by atoms with Gasteiger partial charge in [0.25, 0.3) is 0 Å². The number of hydrogen-bond donors (Lipinski definition) is 0. The van der Waals surface area contributed by atoms with Crippen LogP contribution in [0.15, 0.2) is 76.0 Å². The molecule has 0 atom stereocenters. The molecule has 0 unspecified atom stereocenters. The third-order valence-electron chi connectivity index (χ3n) is 4.20. The van der Waals surface area contributed by atoms with Gasteiger partial charge < -0.3 is 13.9 Å². The maximum atomic E-state index is 11.9. The standard InChI is InChI=1S/C23H22O5/c1-16(2)23(25)28-21-14-18-11-12-22(24)27-19(18)15-20(21)26-13-7-6-10-17-8-4-3-5-9-17/h3-5,8-9,11-12,14-15H,1,6-7,10,13H2,2H3. The van der Waals surface area contributed by atoms with Crippen molar-refractivity contribution >= 4 is 16.9 Å². The highest BCUT2D eigenvalue weighted by atomic mass is 16.6. The maximum Gasteiger partial charge on any atom is 0.338 e. The molecule has 0 spiro atoms. The van der Waals surface area contributed by atoms with Crippen LogP contribution in [0.3, 0.4) is 0 Å². The molecule has 0 aliphatic carbocycles. The smallest absolute Gasteiger partial charge is 0.338 e. The average molecular weight is 378 g/mol. The van der Waals surface area contributed by atoms with Crippen LogP contribution in [-0.4, -0.2) is 12.6 Å². The van der Waals surface area contributed by atoms with Crippen molar-refractivity contribution in [2.45, 2.75) is 26.2 Å². The molecular formula is C23H22O5. The zero-order valence-corrected chi connectivity index (χ0v) is 15.8. The third-order valence-corrected chi connectivity index (χ3v) is 4.20. The van der Waals surface area contributed by atoms with E-state index in [2.05, 4.69) is 18.7 Å². The molecule has 0 radical (unpaired) electrons. The van der Waals surface area contributed by atoms with Gasteiger partial charge in [-0.3, -0.25) is 0 Å². The molecule has 0 aliphatic rings. The van der Waals surface area contributed by atoms with Crippen LogP contribution in [-0.2, 0) is 11.2 Å². The minimum absolute atomic E-state index is 0.275. The Hall–Kier alpha value is -3.34. The first kappa shape index (κ1) is 19.4. The number of benzene rings is 2. The molecular weight excluding hydrogens is 356 g/mol. The number of ether oxygens (including phenoxy) is 2. The first-order valence-electron chi connectivity index (χ1n) is 9.15. The first-order valence-corrected chi connectivity index (χ1v) is 9.15. The summed E-state index contributed by atoms with van der Waals surface area (Å²) in [6.07, 6.45) is 2.77. The number of unbranched alkanes of at least 4 members (excludes halogenated alkanes) is 1. The number of carbonyl (C=O) groups excluding carboxylic acids is 1. The Balaban J connectivity index is 1.70. The van der Waals surface area contributed by atoms with Crippen LogP contribution >= 0.6 is 0 Å². The predicted octanol–water partition coefficient (Wildman–Crippen LogP) is 4.68. The second-order valence-electron chi connectivity index (χ2n) is 6.55. The number of aryl methyl sites for hydroxylation is 1. The fourth-order valence-corrected chi connectivity index (χ4v) is 2.71. The lowest BCUT2D eigenvalue weighted by atomic mass is 10.1. The van der Waals surface area contributed by atoms with Gasteiger partial charge in [-0.15, -0.1) is 0 Å². The topological polar surface area (TPSA) is 65.7 Å². The minimum atomic E-state index is -0.536. The van der Waals surface area contributed by atoms with Gasteiger partial charge >= 0.3 is 11.6 Å². The second-order valence-corrected chi connectivity index (χ2v) is 6.55. The van der Waals surface area contributed by atoms with E-state index >= 15 is 0 Å². The lowest BCUT2D eigenvalue weighted by Crippen LogP contribution is -2.10. The van der Waals surface area contributed by atoms with Crippen molar-refractivity contribution in [1.82, 2.24) is 0 Å². The van der Waals surface area contributed by atoms with E-state index in [-0.39, 0.29) is 11.3 Å². The van der Waals surface area contributed by atoms with Crippen molar-refractivity contribution in [2.75, 3.05) is 6.61 Å². The summed E-state index contributed by atoms with van der Waals surface area (Å²) in [5.74, 6) is 0.0965. The molecule has 0 aliphatic heterocycles. The Morgan fingerprint density at radius 2 is 1.82 bits per heavy atom. The highest BCUT2D eigenvalue weighted by molar-refractivity contribution is 5.90. The van der Waals surface area contributed by atoms with E-state index in [0.29, 0.717) is 23.3 Å². The van der Waals surface area contributed by atoms with E-state index in [1.165, 1.54) is 11.6 Å². The van der Waals surface area contributed by atoms with Crippen LogP contribution in [0.5, 0.6) is 11.5 Å².